The number of alkyl halides is 2. The SMILES string of the molecule is CC(C(N)=O)[C@@H]1CN(c2ccc(C#N)c3nccnc23)CC(F)(F)C1. The number of hydrogen-bond donors (Lipinski definition) is 1. The summed E-state index contributed by atoms with van der Waals surface area (Å²) in [5.74, 6) is -4.77. The van der Waals surface area contributed by atoms with E-state index in [0.29, 0.717) is 22.3 Å². The van der Waals surface area contributed by atoms with Crippen LogP contribution in [0.15, 0.2) is 24.5 Å². The number of amides is 1. The van der Waals surface area contributed by atoms with E-state index in [1.54, 1.807) is 19.1 Å². The number of hydrogen-bond acceptors (Lipinski definition) is 5. The summed E-state index contributed by atoms with van der Waals surface area (Å²) < 4.78 is 28.6. The minimum absolute atomic E-state index is 0.261. The fourth-order valence-electron chi connectivity index (χ4n) is 3.28. The van der Waals surface area contributed by atoms with E-state index < -0.39 is 30.2 Å². The minimum atomic E-state index is -2.95. The summed E-state index contributed by atoms with van der Waals surface area (Å²) in [5, 5.41) is 9.19. The predicted molar refractivity (Wildman–Crippen MR) is 87.9 cm³/mol. The number of fused-ring (bicyclic) bond motifs is 1. The number of halogens is 2. The molecule has 1 unspecified atom stereocenters. The molecule has 0 radical (unpaired) electrons. The van der Waals surface area contributed by atoms with Gasteiger partial charge in [-0.15, -0.1) is 0 Å². The van der Waals surface area contributed by atoms with Crippen LogP contribution in [0.4, 0.5) is 14.5 Å². The van der Waals surface area contributed by atoms with Crippen molar-refractivity contribution in [2.24, 2.45) is 17.6 Å². The van der Waals surface area contributed by atoms with Gasteiger partial charge >= 0.3 is 0 Å². The molecule has 3 rings (SSSR count). The molecule has 1 aliphatic rings. The quantitative estimate of drug-likeness (QED) is 0.919. The van der Waals surface area contributed by atoms with Crippen LogP contribution in [0.3, 0.4) is 0 Å². The normalized spacial score (nSPS) is 20.9. The van der Waals surface area contributed by atoms with Gasteiger partial charge in [-0.2, -0.15) is 5.26 Å². The van der Waals surface area contributed by atoms with Gasteiger partial charge < -0.3 is 10.6 Å². The molecule has 6 nitrogen and oxygen atoms in total. The molecular weight excluding hydrogens is 328 g/mol. The summed E-state index contributed by atoms with van der Waals surface area (Å²) in [6.45, 7) is 1.35. The van der Waals surface area contributed by atoms with Gasteiger partial charge in [-0.3, -0.25) is 14.8 Å². The third kappa shape index (κ3) is 3.22. The summed E-state index contributed by atoms with van der Waals surface area (Å²) >= 11 is 0. The molecule has 1 amide bonds. The number of benzene rings is 1. The first-order valence-corrected chi connectivity index (χ1v) is 7.88. The Morgan fingerprint density at radius 1 is 1.40 bits per heavy atom. The second kappa shape index (κ2) is 6.24. The van der Waals surface area contributed by atoms with Crippen LogP contribution < -0.4 is 10.6 Å². The Labute approximate surface area is 143 Å². The number of nitriles is 1. The van der Waals surface area contributed by atoms with E-state index in [1.807, 2.05) is 6.07 Å². The highest BCUT2D eigenvalue weighted by Crippen LogP contribution is 2.38. The van der Waals surface area contributed by atoms with Crippen LogP contribution in [0.1, 0.15) is 18.9 Å². The fraction of sp³-hybridized carbons (Fsp3) is 0.412. The number of nitrogens with zero attached hydrogens (tertiary/aromatic N) is 4. The summed E-state index contributed by atoms with van der Waals surface area (Å²) in [7, 11) is 0. The summed E-state index contributed by atoms with van der Waals surface area (Å²) in [6, 6.07) is 5.18. The smallest absolute Gasteiger partial charge is 0.265 e. The van der Waals surface area contributed by atoms with Crippen molar-refractivity contribution in [1.82, 2.24) is 9.97 Å². The van der Waals surface area contributed by atoms with E-state index in [2.05, 4.69) is 9.97 Å². The molecule has 1 aromatic heterocycles. The Morgan fingerprint density at radius 2 is 2.08 bits per heavy atom. The molecule has 0 saturated carbocycles. The number of carbonyl (C=O) groups excluding carboxylic acids is 1. The minimum Gasteiger partial charge on any atom is -0.369 e. The van der Waals surface area contributed by atoms with Gasteiger partial charge in [0.2, 0.25) is 5.91 Å². The second-order valence-corrected chi connectivity index (χ2v) is 6.39. The van der Waals surface area contributed by atoms with Crippen molar-refractivity contribution in [3.05, 3.63) is 30.1 Å². The van der Waals surface area contributed by atoms with E-state index in [1.165, 1.54) is 17.3 Å². The standard InChI is InChI=1S/C17H17F2N5O/c1-10(16(21)25)12-6-17(18,19)9-24(8-12)13-3-2-11(7-20)14-15(13)23-5-4-22-14/h2-5,10,12H,6,8-9H2,1H3,(H2,21,25)/t10?,12-/m0/s1. The average Bonchev–Trinajstić information content (AvgIpc) is 2.58. The predicted octanol–water partition coefficient (Wildman–Crippen LogP) is 2.08. The number of aromatic nitrogens is 2. The zero-order valence-electron chi connectivity index (χ0n) is 13.6. The second-order valence-electron chi connectivity index (χ2n) is 6.39. The van der Waals surface area contributed by atoms with E-state index in [9.17, 15) is 18.8 Å². The first kappa shape index (κ1) is 17.0. The molecule has 1 fully saturated rings. The maximum absolute atomic E-state index is 14.3. The number of rotatable bonds is 3. The van der Waals surface area contributed by atoms with Gasteiger partial charge in [-0.25, -0.2) is 8.78 Å². The lowest BCUT2D eigenvalue weighted by Gasteiger charge is -2.40. The fourth-order valence-corrected chi connectivity index (χ4v) is 3.28. The van der Waals surface area contributed by atoms with E-state index in [0.717, 1.165) is 0 Å². The van der Waals surface area contributed by atoms with Gasteiger partial charge in [0.1, 0.15) is 17.1 Å². The van der Waals surface area contributed by atoms with Crippen LogP contribution >= 0.6 is 0 Å². The molecule has 25 heavy (non-hydrogen) atoms. The summed E-state index contributed by atoms with van der Waals surface area (Å²) in [4.78, 5) is 21.3. The van der Waals surface area contributed by atoms with Gasteiger partial charge in [-0.1, -0.05) is 6.92 Å². The third-order valence-electron chi connectivity index (χ3n) is 4.66. The zero-order chi connectivity index (χ0) is 18.2. The molecule has 1 saturated heterocycles. The summed E-state index contributed by atoms with van der Waals surface area (Å²) in [6.07, 6.45) is 2.53. The molecule has 2 heterocycles. The topological polar surface area (TPSA) is 95.9 Å². The van der Waals surface area contributed by atoms with Crippen molar-refractivity contribution in [2.45, 2.75) is 19.3 Å². The van der Waals surface area contributed by atoms with Gasteiger partial charge in [-0.05, 0) is 18.1 Å². The Balaban J connectivity index is 2.05. The Hall–Kier alpha value is -2.82. The van der Waals surface area contributed by atoms with Crippen molar-refractivity contribution in [3.63, 3.8) is 0 Å². The van der Waals surface area contributed by atoms with Crippen molar-refractivity contribution in [3.8, 4) is 6.07 Å². The number of nitrogens with two attached hydrogens (primary N) is 1. The molecular formula is C17H17F2N5O. The molecule has 1 aliphatic heterocycles. The van der Waals surface area contributed by atoms with Gasteiger partial charge in [0.25, 0.3) is 5.92 Å². The average molecular weight is 345 g/mol. The number of primary amides is 1. The Morgan fingerprint density at radius 3 is 2.72 bits per heavy atom. The lowest BCUT2D eigenvalue weighted by atomic mass is 9.84. The lowest BCUT2D eigenvalue weighted by Crippen LogP contribution is -2.50. The molecule has 0 aliphatic carbocycles. The highest BCUT2D eigenvalue weighted by molar-refractivity contribution is 5.92. The lowest BCUT2D eigenvalue weighted by molar-refractivity contribution is -0.124. The van der Waals surface area contributed by atoms with Crippen LogP contribution in [0.5, 0.6) is 0 Å². The third-order valence-corrected chi connectivity index (χ3v) is 4.66. The number of piperidine rings is 1. The Bertz CT molecular complexity index is 864. The van der Waals surface area contributed by atoms with Crippen molar-refractivity contribution in [1.29, 1.82) is 5.26 Å². The van der Waals surface area contributed by atoms with Crippen molar-refractivity contribution in [2.75, 3.05) is 18.0 Å². The van der Waals surface area contributed by atoms with E-state index in [-0.39, 0.29) is 13.0 Å². The molecule has 0 spiro atoms. The largest absolute Gasteiger partial charge is 0.369 e. The molecule has 1 aromatic carbocycles. The summed E-state index contributed by atoms with van der Waals surface area (Å²) in [5.41, 5.74) is 6.88. The highest BCUT2D eigenvalue weighted by atomic mass is 19.3. The first-order chi connectivity index (χ1) is 11.8. The maximum Gasteiger partial charge on any atom is 0.265 e. The Kier molecular flexibility index (Phi) is 4.25. The molecule has 2 N–H and O–H groups in total. The van der Waals surface area contributed by atoms with Crippen molar-refractivity contribution < 1.29 is 13.6 Å². The van der Waals surface area contributed by atoms with Crippen LogP contribution in [0.2, 0.25) is 0 Å². The van der Waals surface area contributed by atoms with Gasteiger partial charge in [0.05, 0.1) is 17.8 Å². The molecule has 2 atom stereocenters. The van der Waals surface area contributed by atoms with Crippen LogP contribution in [-0.4, -0.2) is 34.9 Å². The van der Waals surface area contributed by atoms with Crippen LogP contribution in [0, 0.1) is 23.2 Å². The van der Waals surface area contributed by atoms with Crippen LogP contribution in [0.25, 0.3) is 11.0 Å². The highest BCUT2D eigenvalue weighted by Gasteiger charge is 2.43. The van der Waals surface area contributed by atoms with Crippen molar-refractivity contribution >= 4 is 22.6 Å². The van der Waals surface area contributed by atoms with Crippen LogP contribution in [-0.2, 0) is 4.79 Å². The zero-order valence-corrected chi connectivity index (χ0v) is 13.6. The molecule has 2 aromatic rings. The van der Waals surface area contributed by atoms with E-state index in [4.69, 9.17) is 5.73 Å². The monoisotopic (exact) mass is 345 g/mol. The molecule has 0 bridgehead atoms. The first-order valence-electron chi connectivity index (χ1n) is 7.88. The van der Waals surface area contributed by atoms with Gasteiger partial charge in [0, 0.05) is 31.3 Å². The molecule has 130 valence electrons. The maximum atomic E-state index is 14.3. The molecule has 8 heteroatoms. The van der Waals surface area contributed by atoms with Gasteiger partial charge in [0.15, 0.2) is 0 Å². The number of carbonyl (C=O) groups is 1. The van der Waals surface area contributed by atoms with E-state index >= 15 is 0 Å². The number of anilines is 1.